The number of rotatable bonds is 4. The van der Waals surface area contributed by atoms with E-state index in [0.717, 1.165) is 22.7 Å². The van der Waals surface area contributed by atoms with Gasteiger partial charge < -0.3 is 4.74 Å². The number of para-hydroxylation sites is 1. The standard InChI is InChI=1S/C15H14ClN3O/c1-20-14-8-7-12-15(18-14)19(13(17-12)9-10-16)11-5-3-2-4-6-11/h2-8H,9-10H2,1H3. The number of ether oxygens (including phenoxy) is 1. The fourth-order valence-corrected chi connectivity index (χ4v) is 2.37. The second kappa shape index (κ2) is 5.51. The molecule has 0 saturated heterocycles. The highest BCUT2D eigenvalue weighted by molar-refractivity contribution is 6.17. The summed E-state index contributed by atoms with van der Waals surface area (Å²) >= 11 is 5.88. The summed E-state index contributed by atoms with van der Waals surface area (Å²) in [6.45, 7) is 0. The lowest BCUT2D eigenvalue weighted by Crippen LogP contribution is -2.03. The number of pyridine rings is 1. The van der Waals surface area contributed by atoms with E-state index in [1.54, 1.807) is 7.11 Å². The molecule has 2 heterocycles. The predicted octanol–water partition coefficient (Wildman–Crippen LogP) is 3.21. The van der Waals surface area contributed by atoms with Crippen LogP contribution in [0, 0.1) is 0 Å². The number of methoxy groups -OCH3 is 1. The van der Waals surface area contributed by atoms with Crippen LogP contribution in [-0.2, 0) is 6.42 Å². The maximum atomic E-state index is 5.88. The van der Waals surface area contributed by atoms with Crippen molar-refractivity contribution in [2.45, 2.75) is 6.42 Å². The number of hydrogen-bond donors (Lipinski definition) is 0. The van der Waals surface area contributed by atoms with Crippen molar-refractivity contribution in [1.29, 1.82) is 0 Å². The second-order valence-corrected chi connectivity index (χ2v) is 4.71. The van der Waals surface area contributed by atoms with Gasteiger partial charge in [0.05, 0.1) is 7.11 Å². The van der Waals surface area contributed by atoms with Crippen LogP contribution in [0.2, 0.25) is 0 Å². The number of aryl methyl sites for hydroxylation is 1. The predicted molar refractivity (Wildman–Crippen MR) is 79.8 cm³/mol. The third-order valence-corrected chi connectivity index (χ3v) is 3.28. The molecule has 0 N–H and O–H groups in total. The molecule has 0 fully saturated rings. The second-order valence-electron chi connectivity index (χ2n) is 4.33. The zero-order valence-corrected chi connectivity index (χ0v) is 11.8. The van der Waals surface area contributed by atoms with E-state index in [9.17, 15) is 0 Å². The van der Waals surface area contributed by atoms with E-state index in [-0.39, 0.29) is 0 Å². The van der Waals surface area contributed by atoms with Crippen LogP contribution in [0.1, 0.15) is 5.82 Å². The van der Waals surface area contributed by atoms with Gasteiger partial charge in [-0.05, 0) is 18.2 Å². The summed E-state index contributed by atoms with van der Waals surface area (Å²) in [6, 6.07) is 13.8. The first-order chi connectivity index (χ1) is 9.83. The first-order valence-electron chi connectivity index (χ1n) is 6.37. The highest BCUT2D eigenvalue weighted by Crippen LogP contribution is 2.22. The molecule has 0 aliphatic rings. The van der Waals surface area contributed by atoms with Gasteiger partial charge in [0.15, 0.2) is 5.65 Å². The van der Waals surface area contributed by atoms with Gasteiger partial charge in [0.2, 0.25) is 5.88 Å². The molecule has 3 aromatic rings. The summed E-state index contributed by atoms with van der Waals surface area (Å²) in [5, 5.41) is 0. The molecule has 0 aliphatic carbocycles. The number of nitrogens with zero attached hydrogens (tertiary/aromatic N) is 3. The van der Waals surface area contributed by atoms with Crippen molar-refractivity contribution in [3.8, 4) is 11.6 Å². The Morgan fingerprint density at radius 1 is 1.10 bits per heavy atom. The van der Waals surface area contributed by atoms with Crippen molar-refractivity contribution in [3.05, 3.63) is 48.3 Å². The van der Waals surface area contributed by atoms with Crippen LogP contribution in [0.4, 0.5) is 0 Å². The molecule has 0 aliphatic heterocycles. The van der Waals surface area contributed by atoms with Crippen LogP contribution in [0.3, 0.4) is 0 Å². The van der Waals surface area contributed by atoms with Crippen molar-refractivity contribution in [1.82, 2.24) is 14.5 Å². The summed E-state index contributed by atoms with van der Waals surface area (Å²) in [4.78, 5) is 9.12. The van der Waals surface area contributed by atoms with Gasteiger partial charge in [-0.3, -0.25) is 4.57 Å². The van der Waals surface area contributed by atoms with Crippen LogP contribution in [0.25, 0.3) is 16.9 Å². The summed E-state index contributed by atoms with van der Waals surface area (Å²) < 4.78 is 7.23. The fraction of sp³-hybridized carbons (Fsp3) is 0.200. The Labute approximate surface area is 122 Å². The van der Waals surface area contributed by atoms with Crippen molar-refractivity contribution < 1.29 is 4.74 Å². The van der Waals surface area contributed by atoms with Gasteiger partial charge in [-0.25, -0.2) is 4.98 Å². The molecule has 5 heteroatoms. The summed E-state index contributed by atoms with van der Waals surface area (Å²) in [5.74, 6) is 2.00. The Hall–Kier alpha value is -2.07. The van der Waals surface area contributed by atoms with Gasteiger partial charge in [-0.15, -0.1) is 11.6 Å². The minimum Gasteiger partial charge on any atom is -0.481 e. The van der Waals surface area contributed by atoms with Crippen LogP contribution in [0.5, 0.6) is 5.88 Å². The smallest absolute Gasteiger partial charge is 0.215 e. The molecule has 20 heavy (non-hydrogen) atoms. The molecule has 0 bridgehead atoms. The van der Waals surface area contributed by atoms with Crippen molar-refractivity contribution in [2.75, 3.05) is 13.0 Å². The highest BCUT2D eigenvalue weighted by Gasteiger charge is 2.13. The van der Waals surface area contributed by atoms with Crippen molar-refractivity contribution >= 4 is 22.8 Å². The topological polar surface area (TPSA) is 39.9 Å². The van der Waals surface area contributed by atoms with Crippen LogP contribution in [-0.4, -0.2) is 27.5 Å². The molecule has 4 nitrogen and oxygen atoms in total. The Morgan fingerprint density at radius 2 is 1.90 bits per heavy atom. The van der Waals surface area contributed by atoms with E-state index in [2.05, 4.69) is 9.97 Å². The fourth-order valence-electron chi connectivity index (χ4n) is 2.20. The number of hydrogen-bond acceptors (Lipinski definition) is 3. The van der Waals surface area contributed by atoms with Gasteiger partial charge in [-0.2, -0.15) is 4.98 Å². The van der Waals surface area contributed by atoms with Crippen molar-refractivity contribution in [3.63, 3.8) is 0 Å². The first kappa shape index (κ1) is 12.9. The molecule has 0 radical (unpaired) electrons. The van der Waals surface area contributed by atoms with E-state index in [4.69, 9.17) is 16.3 Å². The number of halogens is 1. The maximum Gasteiger partial charge on any atom is 0.215 e. The summed E-state index contributed by atoms with van der Waals surface area (Å²) in [5.41, 5.74) is 2.65. The number of alkyl halides is 1. The molecule has 0 spiro atoms. The van der Waals surface area contributed by atoms with E-state index in [1.165, 1.54) is 0 Å². The maximum absolute atomic E-state index is 5.88. The summed E-state index contributed by atoms with van der Waals surface area (Å²) in [7, 11) is 1.61. The molecule has 0 saturated carbocycles. The Bertz CT molecular complexity index is 725. The monoisotopic (exact) mass is 287 g/mol. The van der Waals surface area contributed by atoms with Crippen LogP contribution in [0.15, 0.2) is 42.5 Å². The average molecular weight is 288 g/mol. The lowest BCUT2D eigenvalue weighted by molar-refractivity contribution is 0.399. The quantitative estimate of drug-likeness (QED) is 0.692. The molecule has 3 rings (SSSR count). The average Bonchev–Trinajstić information content (AvgIpc) is 2.85. The Kier molecular flexibility index (Phi) is 3.56. The third-order valence-electron chi connectivity index (χ3n) is 3.09. The summed E-state index contributed by atoms with van der Waals surface area (Å²) in [6.07, 6.45) is 0.690. The minimum atomic E-state index is 0.521. The largest absolute Gasteiger partial charge is 0.481 e. The number of aromatic nitrogens is 3. The van der Waals surface area contributed by atoms with E-state index in [0.29, 0.717) is 18.2 Å². The molecular weight excluding hydrogens is 274 g/mol. The first-order valence-corrected chi connectivity index (χ1v) is 6.90. The molecule has 0 amide bonds. The molecule has 0 atom stereocenters. The SMILES string of the molecule is COc1ccc2nc(CCCl)n(-c3ccccc3)c2n1. The normalized spacial score (nSPS) is 10.9. The zero-order valence-electron chi connectivity index (χ0n) is 11.1. The molecule has 102 valence electrons. The zero-order chi connectivity index (χ0) is 13.9. The van der Waals surface area contributed by atoms with Crippen LogP contribution < -0.4 is 4.74 Å². The van der Waals surface area contributed by atoms with Crippen LogP contribution >= 0.6 is 11.6 Å². The minimum absolute atomic E-state index is 0.521. The molecule has 0 unspecified atom stereocenters. The van der Waals surface area contributed by atoms with Gasteiger partial charge in [0.1, 0.15) is 11.3 Å². The van der Waals surface area contributed by atoms with E-state index < -0.39 is 0 Å². The molecule has 2 aromatic heterocycles. The van der Waals surface area contributed by atoms with Gasteiger partial charge >= 0.3 is 0 Å². The Morgan fingerprint density at radius 3 is 2.60 bits per heavy atom. The highest BCUT2D eigenvalue weighted by atomic mass is 35.5. The van der Waals surface area contributed by atoms with Gasteiger partial charge in [0.25, 0.3) is 0 Å². The Balaban J connectivity index is 2.27. The molecular formula is C15H14ClN3O. The lowest BCUT2D eigenvalue weighted by atomic mass is 10.3. The van der Waals surface area contributed by atoms with Crippen molar-refractivity contribution in [2.24, 2.45) is 0 Å². The number of benzene rings is 1. The third kappa shape index (κ3) is 2.23. The number of fused-ring (bicyclic) bond motifs is 1. The van der Waals surface area contributed by atoms with E-state index in [1.807, 2.05) is 47.0 Å². The number of imidazole rings is 1. The molecule has 1 aromatic carbocycles. The van der Waals surface area contributed by atoms with Gasteiger partial charge in [0, 0.05) is 24.1 Å². The lowest BCUT2D eigenvalue weighted by Gasteiger charge is -2.08. The van der Waals surface area contributed by atoms with E-state index >= 15 is 0 Å². The van der Waals surface area contributed by atoms with Gasteiger partial charge in [-0.1, -0.05) is 18.2 Å².